The van der Waals surface area contributed by atoms with Gasteiger partial charge in [-0.05, 0) is 49.6 Å². The van der Waals surface area contributed by atoms with Crippen molar-refractivity contribution in [1.82, 2.24) is 0 Å². The van der Waals surface area contributed by atoms with Gasteiger partial charge in [0, 0.05) is 34.2 Å². The number of anilines is 1. The van der Waals surface area contributed by atoms with Crippen LogP contribution >= 0.6 is 11.6 Å². The molecule has 1 aromatic carbocycles. The van der Waals surface area contributed by atoms with E-state index in [0.29, 0.717) is 17.9 Å². The van der Waals surface area contributed by atoms with Gasteiger partial charge in [-0.25, -0.2) is 4.39 Å². The first kappa shape index (κ1) is 19.9. The molecule has 2 heterocycles. The van der Waals surface area contributed by atoms with Crippen LogP contribution in [0.15, 0.2) is 42.3 Å². The summed E-state index contributed by atoms with van der Waals surface area (Å²) >= 11 is 6.22. The highest BCUT2D eigenvalue weighted by Crippen LogP contribution is 2.48. The second kappa shape index (κ2) is 7.78. The number of allylic oxidation sites excluding steroid dienone is 3. The lowest BCUT2D eigenvalue weighted by Crippen LogP contribution is -2.47. The fourth-order valence-electron chi connectivity index (χ4n) is 4.39. The highest BCUT2D eigenvalue weighted by molar-refractivity contribution is 7.85. The molecule has 8 heteroatoms. The molecule has 5 nitrogen and oxygen atoms in total. The summed E-state index contributed by atoms with van der Waals surface area (Å²) < 4.78 is 47.4. The Hall–Kier alpha value is -1.41. The molecule has 3 aliphatic rings. The van der Waals surface area contributed by atoms with Gasteiger partial charge < -0.3 is 10.1 Å². The maximum absolute atomic E-state index is 13.4. The van der Waals surface area contributed by atoms with E-state index in [9.17, 15) is 12.8 Å². The van der Waals surface area contributed by atoms with Gasteiger partial charge in [0.15, 0.2) is 0 Å². The third-order valence-corrected chi connectivity index (χ3v) is 6.47. The molecule has 2 aliphatic heterocycles. The van der Waals surface area contributed by atoms with Gasteiger partial charge in [0.25, 0.3) is 10.1 Å². The first-order valence-corrected chi connectivity index (χ1v) is 11.6. The molecular weight excluding hydrogens is 405 g/mol. The molecule has 5 atom stereocenters. The van der Waals surface area contributed by atoms with Crippen LogP contribution in [0.3, 0.4) is 0 Å². The van der Waals surface area contributed by atoms with Gasteiger partial charge in [-0.2, -0.15) is 8.42 Å². The zero-order valence-electron chi connectivity index (χ0n) is 15.5. The molecular formula is C20H23ClFNO4S. The van der Waals surface area contributed by atoms with Crippen LogP contribution in [-0.2, 0) is 19.0 Å². The summed E-state index contributed by atoms with van der Waals surface area (Å²) in [5, 5.41) is 4.23. The molecule has 1 saturated heterocycles. The molecule has 152 valence electrons. The normalized spacial score (nSPS) is 32.1. The van der Waals surface area contributed by atoms with Gasteiger partial charge in [-0.3, -0.25) is 4.18 Å². The second-order valence-electron chi connectivity index (χ2n) is 7.66. The van der Waals surface area contributed by atoms with E-state index >= 15 is 0 Å². The number of benzene rings is 1. The van der Waals surface area contributed by atoms with Crippen molar-refractivity contribution in [2.24, 2.45) is 11.8 Å². The third-order valence-electron chi connectivity index (χ3n) is 5.67. The Morgan fingerprint density at radius 3 is 2.89 bits per heavy atom. The smallest absolute Gasteiger partial charge is 0.264 e. The third kappa shape index (κ3) is 4.27. The van der Waals surface area contributed by atoms with Crippen LogP contribution in [0.25, 0.3) is 0 Å². The first-order chi connectivity index (χ1) is 13.3. The minimum atomic E-state index is -3.52. The van der Waals surface area contributed by atoms with Crippen molar-refractivity contribution < 1.29 is 21.7 Å². The monoisotopic (exact) mass is 427 g/mol. The average molecular weight is 428 g/mol. The average Bonchev–Trinajstić information content (AvgIpc) is 2.66. The topological polar surface area (TPSA) is 64.6 Å². The molecule has 0 radical (unpaired) electrons. The fraction of sp³-hybridized carbons (Fsp3) is 0.500. The molecule has 0 aromatic heterocycles. The Labute approximate surface area is 169 Å². The molecule has 28 heavy (non-hydrogen) atoms. The molecule has 1 N–H and O–H groups in total. The summed E-state index contributed by atoms with van der Waals surface area (Å²) in [6, 6.07) is 5.75. The lowest BCUT2D eigenvalue weighted by Gasteiger charge is -2.47. The molecule has 0 spiro atoms. The van der Waals surface area contributed by atoms with Gasteiger partial charge >= 0.3 is 0 Å². The Balaban J connectivity index is 1.60. The van der Waals surface area contributed by atoms with Gasteiger partial charge in [0.05, 0.1) is 25.1 Å². The summed E-state index contributed by atoms with van der Waals surface area (Å²) in [6.07, 6.45) is 7.76. The fourth-order valence-corrected chi connectivity index (χ4v) is 4.97. The van der Waals surface area contributed by atoms with Crippen molar-refractivity contribution >= 4 is 27.4 Å². The van der Waals surface area contributed by atoms with Crippen LogP contribution in [0, 0.1) is 11.8 Å². The van der Waals surface area contributed by atoms with E-state index in [1.165, 1.54) is 6.08 Å². The van der Waals surface area contributed by atoms with Crippen molar-refractivity contribution in [3.05, 3.63) is 52.8 Å². The van der Waals surface area contributed by atoms with Crippen molar-refractivity contribution in [2.45, 2.75) is 37.5 Å². The predicted molar refractivity (Wildman–Crippen MR) is 106 cm³/mol. The number of ether oxygens (including phenoxy) is 1. The SMILES string of the molecule is CS(=O)(=O)OC[C@H]1CC[C@@H]2[C@H](O1)c1cc(Cl)ccc1N[C@H]2C1C=CC(F)=CC1. The van der Waals surface area contributed by atoms with Crippen molar-refractivity contribution in [1.29, 1.82) is 0 Å². The molecule has 0 saturated carbocycles. The number of hydrogen-bond acceptors (Lipinski definition) is 5. The molecule has 4 rings (SSSR count). The zero-order valence-corrected chi connectivity index (χ0v) is 17.0. The van der Waals surface area contributed by atoms with E-state index in [1.807, 2.05) is 24.3 Å². The first-order valence-electron chi connectivity index (χ1n) is 9.40. The summed E-state index contributed by atoms with van der Waals surface area (Å²) in [7, 11) is -3.52. The van der Waals surface area contributed by atoms with Crippen molar-refractivity contribution in [3.8, 4) is 0 Å². The van der Waals surface area contributed by atoms with Crippen LogP contribution in [0.4, 0.5) is 10.1 Å². The number of halogens is 2. The van der Waals surface area contributed by atoms with E-state index < -0.39 is 10.1 Å². The van der Waals surface area contributed by atoms with E-state index in [1.54, 1.807) is 6.08 Å². The van der Waals surface area contributed by atoms with Crippen molar-refractivity contribution in [2.75, 3.05) is 18.2 Å². The van der Waals surface area contributed by atoms with E-state index in [4.69, 9.17) is 20.5 Å². The van der Waals surface area contributed by atoms with Crippen LogP contribution in [-0.4, -0.2) is 33.4 Å². The number of hydrogen-bond donors (Lipinski definition) is 1. The Morgan fingerprint density at radius 2 is 2.18 bits per heavy atom. The van der Waals surface area contributed by atoms with E-state index in [0.717, 1.165) is 23.9 Å². The minimum Gasteiger partial charge on any atom is -0.381 e. The highest BCUT2D eigenvalue weighted by Gasteiger charge is 2.44. The molecule has 1 fully saturated rings. The van der Waals surface area contributed by atoms with Crippen LogP contribution in [0.5, 0.6) is 0 Å². The standard InChI is InChI=1S/C20H23ClFNO4S/c1-28(24,25)26-11-15-7-8-16-19(12-2-5-14(22)6-3-12)23-18-9-4-13(21)10-17(18)20(16)27-15/h2,4-6,9-10,12,15-16,19-20,23H,3,7-8,11H2,1H3/t12?,15-,16+,19+,20+/m1/s1. The van der Waals surface area contributed by atoms with Gasteiger partial charge in [0.1, 0.15) is 5.83 Å². The summed E-state index contributed by atoms with van der Waals surface area (Å²) in [5.41, 5.74) is 1.92. The summed E-state index contributed by atoms with van der Waals surface area (Å²) in [4.78, 5) is 0. The summed E-state index contributed by atoms with van der Waals surface area (Å²) in [5.74, 6) is 0.126. The molecule has 1 aromatic rings. The van der Waals surface area contributed by atoms with Crippen LogP contribution < -0.4 is 5.32 Å². The maximum atomic E-state index is 13.4. The largest absolute Gasteiger partial charge is 0.381 e. The van der Waals surface area contributed by atoms with Gasteiger partial charge in [0.2, 0.25) is 0 Å². The number of fused-ring (bicyclic) bond motifs is 3. The van der Waals surface area contributed by atoms with E-state index in [-0.39, 0.29) is 42.5 Å². The van der Waals surface area contributed by atoms with E-state index in [2.05, 4.69) is 5.32 Å². The van der Waals surface area contributed by atoms with Crippen LogP contribution in [0.1, 0.15) is 30.9 Å². The quantitative estimate of drug-likeness (QED) is 0.722. The van der Waals surface area contributed by atoms with Crippen LogP contribution in [0.2, 0.25) is 5.02 Å². The number of nitrogens with one attached hydrogen (secondary N) is 1. The minimum absolute atomic E-state index is 0.00727. The van der Waals surface area contributed by atoms with Gasteiger partial charge in [-0.1, -0.05) is 17.7 Å². The predicted octanol–water partition coefficient (Wildman–Crippen LogP) is 4.38. The maximum Gasteiger partial charge on any atom is 0.264 e. The Morgan fingerprint density at radius 1 is 1.36 bits per heavy atom. The zero-order chi connectivity index (χ0) is 19.9. The molecule has 1 unspecified atom stereocenters. The second-order valence-corrected chi connectivity index (χ2v) is 9.74. The Kier molecular flexibility index (Phi) is 5.53. The lowest BCUT2D eigenvalue weighted by atomic mass is 9.73. The molecule has 0 amide bonds. The summed E-state index contributed by atoms with van der Waals surface area (Å²) in [6.45, 7) is 0.00727. The number of rotatable bonds is 4. The highest BCUT2D eigenvalue weighted by atomic mass is 35.5. The van der Waals surface area contributed by atoms with Gasteiger partial charge in [-0.15, -0.1) is 0 Å². The van der Waals surface area contributed by atoms with Crippen molar-refractivity contribution in [3.63, 3.8) is 0 Å². The molecule has 1 aliphatic carbocycles. The lowest BCUT2D eigenvalue weighted by molar-refractivity contribution is -0.108. The molecule has 0 bridgehead atoms. The Bertz CT molecular complexity index is 917.